The summed E-state index contributed by atoms with van der Waals surface area (Å²) in [7, 11) is 0. The van der Waals surface area contributed by atoms with E-state index in [9.17, 15) is 0 Å². The van der Waals surface area contributed by atoms with Crippen LogP contribution in [-0.2, 0) is 4.74 Å². The van der Waals surface area contributed by atoms with E-state index >= 15 is 0 Å². The van der Waals surface area contributed by atoms with Crippen molar-refractivity contribution in [3.8, 4) is 0 Å². The van der Waals surface area contributed by atoms with Crippen molar-refractivity contribution in [2.24, 2.45) is 5.92 Å². The van der Waals surface area contributed by atoms with Crippen molar-refractivity contribution in [2.75, 3.05) is 19.8 Å². The molecule has 2 unspecified atom stereocenters. The summed E-state index contributed by atoms with van der Waals surface area (Å²) in [6.07, 6.45) is 0. The maximum absolute atomic E-state index is 9.01. The van der Waals surface area contributed by atoms with Crippen LogP contribution < -0.4 is 5.32 Å². The predicted molar refractivity (Wildman–Crippen MR) is 48.1 cm³/mol. The van der Waals surface area contributed by atoms with E-state index in [-0.39, 0.29) is 18.1 Å². The first-order valence-electron chi connectivity index (χ1n) is 4.49. The molecule has 1 heterocycles. The standard InChI is InChI=1S/C9H19NO2/c1-9(2,3)10-8-6-12-5-7(8)4-11/h7-8,10-11H,4-6H2,1-3H3. The lowest BCUT2D eigenvalue weighted by atomic mass is 10.0. The smallest absolute Gasteiger partial charge is 0.0624 e. The molecule has 1 fully saturated rings. The minimum atomic E-state index is 0.103. The molecule has 0 amide bonds. The highest BCUT2D eigenvalue weighted by atomic mass is 16.5. The Morgan fingerprint density at radius 3 is 2.58 bits per heavy atom. The van der Waals surface area contributed by atoms with Crippen LogP contribution in [0.4, 0.5) is 0 Å². The van der Waals surface area contributed by atoms with Crippen LogP contribution in [0.1, 0.15) is 20.8 Å². The van der Waals surface area contributed by atoms with Crippen LogP contribution in [-0.4, -0.2) is 36.5 Å². The van der Waals surface area contributed by atoms with E-state index in [2.05, 4.69) is 26.1 Å². The monoisotopic (exact) mass is 173 g/mol. The molecule has 1 rings (SSSR count). The lowest BCUT2D eigenvalue weighted by molar-refractivity contribution is 0.160. The Morgan fingerprint density at radius 2 is 2.08 bits per heavy atom. The molecular formula is C9H19NO2. The second-order valence-corrected chi connectivity index (χ2v) is 4.48. The van der Waals surface area contributed by atoms with Gasteiger partial charge in [0.2, 0.25) is 0 Å². The normalized spacial score (nSPS) is 31.0. The van der Waals surface area contributed by atoms with Crippen molar-refractivity contribution >= 4 is 0 Å². The molecule has 72 valence electrons. The lowest BCUT2D eigenvalue weighted by Gasteiger charge is -2.27. The second kappa shape index (κ2) is 3.73. The van der Waals surface area contributed by atoms with Gasteiger partial charge in [-0.25, -0.2) is 0 Å². The van der Waals surface area contributed by atoms with E-state index in [1.807, 2.05) is 0 Å². The number of hydrogen-bond donors (Lipinski definition) is 2. The third-order valence-corrected chi connectivity index (χ3v) is 2.05. The molecule has 0 aromatic heterocycles. The van der Waals surface area contributed by atoms with Gasteiger partial charge in [0.05, 0.1) is 13.2 Å². The van der Waals surface area contributed by atoms with Crippen molar-refractivity contribution in [3.63, 3.8) is 0 Å². The minimum Gasteiger partial charge on any atom is -0.396 e. The number of nitrogens with one attached hydrogen (secondary N) is 1. The molecule has 0 saturated carbocycles. The molecule has 2 atom stereocenters. The quantitative estimate of drug-likeness (QED) is 0.634. The van der Waals surface area contributed by atoms with Crippen molar-refractivity contribution in [1.82, 2.24) is 5.32 Å². The van der Waals surface area contributed by atoms with Gasteiger partial charge < -0.3 is 15.2 Å². The Morgan fingerprint density at radius 1 is 1.42 bits per heavy atom. The van der Waals surface area contributed by atoms with Gasteiger partial charge in [-0.15, -0.1) is 0 Å². The van der Waals surface area contributed by atoms with Crippen molar-refractivity contribution < 1.29 is 9.84 Å². The topological polar surface area (TPSA) is 41.5 Å². The van der Waals surface area contributed by atoms with Crippen molar-refractivity contribution in [1.29, 1.82) is 0 Å². The van der Waals surface area contributed by atoms with Crippen LogP contribution in [0.15, 0.2) is 0 Å². The van der Waals surface area contributed by atoms with E-state index in [1.54, 1.807) is 0 Å². The van der Waals surface area contributed by atoms with Gasteiger partial charge in [0.15, 0.2) is 0 Å². The summed E-state index contributed by atoms with van der Waals surface area (Å²) < 4.78 is 5.28. The molecule has 0 spiro atoms. The van der Waals surface area contributed by atoms with E-state index in [4.69, 9.17) is 9.84 Å². The Labute approximate surface area is 74.1 Å². The number of aliphatic hydroxyl groups is 1. The molecule has 3 heteroatoms. The molecule has 1 aliphatic rings. The number of hydrogen-bond acceptors (Lipinski definition) is 3. The summed E-state index contributed by atoms with van der Waals surface area (Å²) in [6, 6.07) is 0.315. The summed E-state index contributed by atoms with van der Waals surface area (Å²) in [4.78, 5) is 0. The highest BCUT2D eigenvalue weighted by molar-refractivity contribution is 4.86. The van der Waals surface area contributed by atoms with Crippen LogP contribution in [0, 0.1) is 5.92 Å². The first-order valence-corrected chi connectivity index (χ1v) is 4.49. The highest BCUT2D eigenvalue weighted by Gasteiger charge is 2.30. The Bertz CT molecular complexity index is 142. The fourth-order valence-electron chi connectivity index (χ4n) is 1.49. The molecule has 12 heavy (non-hydrogen) atoms. The fourth-order valence-corrected chi connectivity index (χ4v) is 1.49. The van der Waals surface area contributed by atoms with E-state index < -0.39 is 0 Å². The summed E-state index contributed by atoms with van der Waals surface area (Å²) in [5.41, 5.74) is 0.103. The molecule has 1 aliphatic heterocycles. The van der Waals surface area contributed by atoms with Crippen molar-refractivity contribution in [2.45, 2.75) is 32.4 Å². The largest absolute Gasteiger partial charge is 0.396 e. The van der Waals surface area contributed by atoms with Crippen LogP contribution in [0.25, 0.3) is 0 Å². The molecule has 0 aromatic carbocycles. The molecule has 0 aliphatic carbocycles. The Hall–Kier alpha value is -0.120. The van der Waals surface area contributed by atoms with Gasteiger partial charge in [-0.2, -0.15) is 0 Å². The van der Waals surface area contributed by atoms with Gasteiger partial charge in [-0.05, 0) is 20.8 Å². The second-order valence-electron chi connectivity index (χ2n) is 4.48. The zero-order valence-corrected chi connectivity index (χ0v) is 8.13. The molecule has 0 aromatic rings. The molecule has 1 saturated heterocycles. The molecule has 3 nitrogen and oxygen atoms in total. The lowest BCUT2D eigenvalue weighted by Crippen LogP contribution is -2.47. The average Bonchev–Trinajstić information content (AvgIpc) is 2.31. The molecular weight excluding hydrogens is 154 g/mol. The molecule has 0 radical (unpaired) electrons. The van der Waals surface area contributed by atoms with E-state index in [0.29, 0.717) is 12.6 Å². The van der Waals surface area contributed by atoms with Crippen LogP contribution in [0.3, 0.4) is 0 Å². The highest BCUT2D eigenvalue weighted by Crippen LogP contribution is 2.15. The number of aliphatic hydroxyl groups excluding tert-OH is 1. The summed E-state index contributed by atoms with van der Waals surface area (Å²) in [5.74, 6) is 0.268. The zero-order chi connectivity index (χ0) is 9.19. The van der Waals surface area contributed by atoms with Gasteiger partial charge in [0.25, 0.3) is 0 Å². The summed E-state index contributed by atoms with van der Waals surface area (Å²) >= 11 is 0. The Balaban J connectivity index is 2.41. The van der Waals surface area contributed by atoms with Crippen LogP contribution in [0.2, 0.25) is 0 Å². The van der Waals surface area contributed by atoms with Crippen LogP contribution in [0.5, 0.6) is 0 Å². The predicted octanol–water partition coefficient (Wildman–Crippen LogP) is 0.382. The Kier molecular flexibility index (Phi) is 3.09. The first kappa shape index (κ1) is 9.96. The SMILES string of the molecule is CC(C)(C)NC1COCC1CO. The summed E-state index contributed by atoms with van der Waals surface area (Å²) in [5, 5.41) is 12.4. The van der Waals surface area contributed by atoms with Gasteiger partial charge in [-0.1, -0.05) is 0 Å². The molecule has 0 bridgehead atoms. The zero-order valence-electron chi connectivity index (χ0n) is 8.13. The fraction of sp³-hybridized carbons (Fsp3) is 1.00. The van der Waals surface area contributed by atoms with E-state index in [1.165, 1.54) is 0 Å². The van der Waals surface area contributed by atoms with Crippen molar-refractivity contribution in [3.05, 3.63) is 0 Å². The van der Waals surface area contributed by atoms with E-state index in [0.717, 1.165) is 6.61 Å². The van der Waals surface area contributed by atoms with Gasteiger partial charge in [0.1, 0.15) is 0 Å². The number of rotatable bonds is 2. The average molecular weight is 173 g/mol. The third-order valence-electron chi connectivity index (χ3n) is 2.05. The third kappa shape index (κ3) is 2.73. The minimum absolute atomic E-state index is 0.103. The maximum atomic E-state index is 9.01. The van der Waals surface area contributed by atoms with Crippen LogP contribution >= 0.6 is 0 Å². The van der Waals surface area contributed by atoms with Gasteiger partial charge in [-0.3, -0.25) is 0 Å². The summed E-state index contributed by atoms with van der Waals surface area (Å²) in [6.45, 7) is 8.00. The van der Waals surface area contributed by atoms with Gasteiger partial charge in [0, 0.05) is 24.1 Å². The number of ether oxygens (including phenoxy) is 1. The van der Waals surface area contributed by atoms with Gasteiger partial charge >= 0.3 is 0 Å². The first-order chi connectivity index (χ1) is 5.53. The molecule has 2 N–H and O–H groups in total. The maximum Gasteiger partial charge on any atom is 0.0624 e.